The van der Waals surface area contributed by atoms with Crippen LogP contribution in [0.1, 0.15) is 57.9 Å². The van der Waals surface area contributed by atoms with Crippen LogP contribution in [0.15, 0.2) is 24.3 Å². The van der Waals surface area contributed by atoms with Crippen molar-refractivity contribution in [2.24, 2.45) is 5.73 Å². The molecule has 1 aliphatic rings. The molecule has 0 amide bonds. The third-order valence-corrected chi connectivity index (χ3v) is 5.61. The first-order chi connectivity index (χ1) is 10.3. The molecule has 0 radical (unpaired) electrons. The predicted octanol–water partition coefficient (Wildman–Crippen LogP) is 4.00. The van der Waals surface area contributed by atoms with Gasteiger partial charge in [-0.3, -0.25) is 0 Å². The van der Waals surface area contributed by atoms with Crippen molar-refractivity contribution >= 4 is 11.6 Å². The van der Waals surface area contributed by atoms with Gasteiger partial charge in [0.05, 0.1) is 0 Å². The highest BCUT2D eigenvalue weighted by molar-refractivity contribution is 6.30. The summed E-state index contributed by atoms with van der Waals surface area (Å²) < 4.78 is 5.39. The van der Waals surface area contributed by atoms with Gasteiger partial charge in [0.25, 0.3) is 0 Å². The lowest BCUT2D eigenvalue weighted by molar-refractivity contribution is -0.208. The first kappa shape index (κ1) is 17.7. The summed E-state index contributed by atoms with van der Waals surface area (Å²) in [7, 11) is 1.56. The Balaban J connectivity index is 2.30. The van der Waals surface area contributed by atoms with Crippen LogP contribution in [0, 0.1) is 0 Å². The monoisotopic (exact) mass is 325 g/mol. The van der Waals surface area contributed by atoms with Gasteiger partial charge in [0.1, 0.15) is 0 Å². The Kier molecular flexibility index (Phi) is 5.23. The molecule has 0 aromatic heterocycles. The Morgan fingerprint density at radius 1 is 1.32 bits per heavy atom. The molecule has 1 fully saturated rings. The zero-order valence-electron chi connectivity index (χ0n) is 13.9. The number of hydrogen-bond acceptors (Lipinski definition) is 3. The minimum absolute atomic E-state index is 0.113. The zero-order chi connectivity index (χ0) is 16.4. The standard InChI is InChI=1S/C18H28ClNO2/c1-4-10-18(21,22-3)13-16(2,20)17(11-5-12-17)14-6-8-15(19)9-7-14/h6-9,21H,4-5,10-13,20H2,1-3H3. The summed E-state index contributed by atoms with van der Waals surface area (Å²) >= 11 is 6.02. The van der Waals surface area contributed by atoms with Crippen molar-refractivity contribution < 1.29 is 9.84 Å². The lowest BCUT2D eigenvalue weighted by Gasteiger charge is -2.55. The summed E-state index contributed by atoms with van der Waals surface area (Å²) in [5, 5.41) is 11.4. The quantitative estimate of drug-likeness (QED) is 0.745. The topological polar surface area (TPSA) is 55.5 Å². The molecule has 124 valence electrons. The third kappa shape index (κ3) is 3.18. The molecule has 0 spiro atoms. The molecule has 1 aromatic rings. The highest BCUT2D eigenvalue weighted by atomic mass is 35.5. The fourth-order valence-corrected chi connectivity index (χ4v) is 4.01. The average molecular weight is 326 g/mol. The number of hydrogen-bond donors (Lipinski definition) is 2. The largest absolute Gasteiger partial charge is 0.365 e. The molecule has 0 heterocycles. The smallest absolute Gasteiger partial charge is 0.166 e. The number of ether oxygens (including phenoxy) is 1. The summed E-state index contributed by atoms with van der Waals surface area (Å²) in [4.78, 5) is 0. The van der Waals surface area contributed by atoms with Crippen molar-refractivity contribution in [1.82, 2.24) is 0 Å². The van der Waals surface area contributed by atoms with Crippen LogP contribution < -0.4 is 5.73 Å². The van der Waals surface area contributed by atoms with Gasteiger partial charge in [-0.2, -0.15) is 0 Å². The minimum atomic E-state index is -1.16. The molecular formula is C18H28ClNO2. The first-order valence-electron chi connectivity index (χ1n) is 8.11. The second kappa shape index (κ2) is 6.48. The number of methoxy groups -OCH3 is 1. The van der Waals surface area contributed by atoms with Crippen LogP contribution in [-0.4, -0.2) is 23.5 Å². The molecule has 2 rings (SSSR count). The van der Waals surface area contributed by atoms with Crippen molar-refractivity contribution in [1.29, 1.82) is 0 Å². The minimum Gasteiger partial charge on any atom is -0.365 e. The van der Waals surface area contributed by atoms with Crippen molar-refractivity contribution in [2.45, 2.75) is 69.1 Å². The van der Waals surface area contributed by atoms with E-state index in [1.807, 2.05) is 26.0 Å². The molecule has 4 heteroatoms. The molecule has 0 bridgehead atoms. The van der Waals surface area contributed by atoms with E-state index in [1.54, 1.807) is 7.11 Å². The second-order valence-electron chi connectivity index (χ2n) is 6.94. The van der Waals surface area contributed by atoms with Crippen LogP contribution in [-0.2, 0) is 10.2 Å². The Morgan fingerprint density at radius 2 is 1.91 bits per heavy atom. The lowest BCUT2D eigenvalue weighted by Crippen LogP contribution is -2.63. The van der Waals surface area contributed by atoms with E-state index in [0.717, 1.165) is 30.7 Å². The van der Waals surface area contributed by atoms with Crippen molar-refractivity contribution in [3.8, 4) is 0 Å². The van der Waals surface area contributed by atoms with Crippen LogP contribution in [0.3, 0.4) is 0 Å². The van der Waals surface area contributed by atoms with Gasteiger partial charge in [0.15, 0.2) is 5.79 Å². The molecule has 1 aliphatic carbocycles. The van der Waals surface area contributed by atoms with Gasteiger partial charge in [-0.05, 0) is 37.5 Å². The molecular weight excluding hydrogens is 298 g/mol. The van der Waals surface area contributed by atoms with E-state index in [1.165, 1.54) is 5.56 Å². The van der Waals surface area contributed by atoms with Crippen LogP contribution in [0.2, 0.25) is 5.02 Å². The van der Waals surface area contributed by atoms with Gasteiger partial charge in [0.2, 0.25) is 0 Å². The maximum absolute atomic E-state index is 10.7. The molecule has 0 aliphatic heterocycles. The summed E-state index contributed by atoms with van der Waals surface area (Å²) in [6, 6.07) is 7.97. The lowest BCUT2D eigenvalue weighted by atomic mass is 9.53. The number of rotatable bonds is 7. The SMILES string of the molecule is CCCC(O)(CC(C)(N)C1(c2ccc(Cl)cc2)CCC1)OC. The molecule has 3 N–H and O–H groups in total. The van der Waals surface area contributed by atoms with Crippen LogP contribution in [0.5, 0.6) is 0 Å². The molecule has 1 saturated carbocycles. The molecule has 3 nitrogen and oxygen atoms in total. The zero-order valence-corrected chi connectivity index (χ0v) is 14.6. The maximum atomic E-state index is 10.7. The summed E-state index contributed by atoms with van der Waals surface area (Å²) in [6.45, 7) is 4.08. The fraction of sp³-hybridized carbons (Fsp3) is 0.667. The summed E-state index contributed by atoms with van der Waals surface area (Å²) in [5.74, 6) is -1.16. The van der Waals surface area contributed by atoms with E-state index in [-0.39, 0.29) is 5.41 Å². The van der Waals surface area contributed by atoms with Gasteiger partial charge in [-0.25, -0.2) is 0 Å². The van der Waals surface area contributed by atoms with E-state index < -0.39 is 11.3 Å². The van der Waals surface area contributed by atoms with Crippen molar-refractivity contribution in [3.05, 3.63) is 34.9 Å². The van der Waals surface area contributed by atoms with Crippen LogP contribution in [0.4, 0.5) is 0 Å². The molecule has 1 aromatic carbocycles. The Morgan fingerprint density at radius 3 is 2.32 bits per heavy atom. The normalized spacial score (nSPS) is 22.5. The summed E-state index contributed by atoms with van der Waals surface area (Å²) in [6.07, 6.45) is 5.10. The molecule has 22 heavy (non-hydrogen) atoms. The number of aliphatic hydroxyl groups is 1. The van der Waals surface area contributed by atoms with Gasteiger partial charge >= 0.3 is 0 Å². The van der Waals surface area contributed by atoms with Gasteiger partial charge in [0, 0.05) is 35.9 Å². The first-order valence-corrected chi connectivity index (χ1v) is 8.49. The van der Waals surface area contributed by atoms with E-state index in [4.69, 9.17) is 22.1 Å². The average Bonchev–Trinajstić information content (AvgIpc) is 2.39. The maximum Gasteiger partial charge on any atom is 0.166 e. The molecule has 2 atom stereocenters. The van der Waals surface area contributed by atoms with Gasteiger partial charge < -0.3 is 15.6 Å². The van der Waals surface area contributed by atoms with E-state index >= 15 is 0 Å². The van der Waals surface area contributed by atoms with Crippen molar-refractivity contribution in [2.75, 3.05) is 7.11 Å². The Bertz CT molecular complexity index is 496. The second-order valence-corrected chi connectivity index (χ2v) is 7.37. The van der Waals surface area contributed by atoms with E-state index in [0.29, 0.717) is 12.8 Å². The number of nitrogens with two attached hydrogens (primary N) is 1. The highest BCUT2D eigenvalue weighted by Crippen LogP contribution is 2.52. The fourth-order valence-electron chi connectivity index (χ4n) is 3.89. The van der Waals surface area contributed by atoms with Crippen LogP contribution in [0.25, 0.3) is 0 Å². The molecule has 2 unspecified atom stereocenters. The number of halogens is 1. The Hall–Kier alpha value is -0.610. The van der Waals surface area contributed by atoms with Crippen molar-refractivity contribution in [3.63, 3.8) is 0 Å². The Labute approximate surface area is 138 Å². The third-order valence-electron chi connectivity index (χ3n) is 5.36. The molecule has 0 saturated heterocycles. The van der Waals surface area contributed by atoms with Gasteiger partial charge in [-0.15, -0.1) is 0 Å². The van der Waals surface area contributed by atoms with E-state index in [2.05, 4.69) is 12.1 Å². The number of benzene rings is 1. The predicted molar refractivity (Wildman–Crippen MR) is 91.1 cm³/mol. The van der Waals surface area contributed by atoms with Crippen LogP contribution >= 0.6 is 11.6 Å². The van der Waals surface area contributed by atoms with Gasteiger partial charge in [-0.1, -0.05) is 43.5 Å². The summed E-state index contributed by atoms with van der Waals surface area (Å²) in [5.41, 5.74) is 7.30. The van der Waals surface area contributed by atoms with E-state index in [9.17, 15) is 5.11 Å². The highest BCUT2D eigenvalue weighted by Gasteiger charge is 2.53.